The molecule has 234 valence electrons. The Kier molecular flexibility index (Phi) is 8.16. The average Bonchev–Trinajstić information content (AvgIpc) is 2.95. The Morgan fingerprint density at radius 3 is 2.30 bits per heavy atom. The minimum absolute atomic E-state index is 0.0181. The van der Waals surface area contributed by atoms with Gasteiger partial charge in [-0.1, -0.05) is 0 Å². The van der Waals surface area contributed by atoms with E-state index in [2.05, 4.69) is 0 Å². The maximum absolute atomic E-state index is 13.5. The van der Waals surface area contributed by atoms with Crippen LogP contribution in [0, 0.1) is 0 Å². The molecule has 0 saturated carbocycles. The zero-order valence-electron chi connectivity index (χ0n) is 22.3. The lowest BCUT2D eigenvalue weighted by Gasteiger charge is -2.44. The van der Waals surface area contributed by atoms with E-state index in [-0.39, 0.29) is 16.9 Å². The molecule has 2 aliphatic rings. The van der Waals surface area contributed by atoms with Crippen molar-refractivity contribution in [3.05, 3.63) is 40.6 Å². The Morgan fingerprint density at radius 2 is 1.60 bits per heavy atom. The van der Waals surface area contributed by atoms with Crippen LogP contribution in [0.15, 0.2) is 39.5 Å². The Bertz CT molecular complexity index is 1560. The number of hydrogen-bond donors (Lipinski definition) is 10. The minimum atomic E-state index is -2.32. The Morgan fingerprint density at radius 1 is 0.884 bits per heavy atom. The number of benzene rings is 2. The van der Waals surface area contributed by atoms with Crippen LogP contribution in [-0.4, -0.2) is 119 Å². The van der Waals surface area contributed by atoms with Gasteiger partial charge in [0.2, 0.25) is 17.5 Å². The van der Waals surface area contributed by atoms with Crippen molar-refractivity contribution in [3.63, 3.8) is 0 Å². The fourth-order valence-electron chi connectivity index (χ4n) is 4.83. The van der Waals surface area contributed by atoms with E-state index < -0.39 is 108 Å². The zero-order valence-corrected chi connectivity index (χ0v) is 22.3. The Hall–Kier alpha value is -3.71. The Labute approximate surface area is 241 Å². The van der Waals surface area contributed by atoms with Gasteiger partial charge in [0.15, 0.2) is 23.5 Å². The molecule has 3 aromatic rings. The van der Waals surface area contributed by atoms with E-state index in [1.54, 1.807) is 0 Å². The lowest BCUT2D eigenvalue weighted by Crippen LogP contribution is -2.65. The molecule has 2 fully saturated rings. The van der Waals surface area contributed by atoms with Gasteiger partial charge in [-0.05, 0) is 25.1 Å². The van der Waals surface area contributed by atoms with E-state index in [0.717, 1.165) is 24.3 Å². The average molecular weight is 611 g/mol. The van der Waals surface area contributed by atoms with Crippen LogP contribution in [0.3, 0.4) is 0 Å². The topological polar surface area (TPSA) is 269 Å². The summed E-state index contributed by atoms with van der Waals surface area (Å²) in [7, 11) is 0. The van der Waals surface area contributed by atoms with Gasteiger partial charge in [0, 0.05) is 17.7 Å². The molecule has 0 bridgehead atoms. The fraction of sp³-hybridized carbons (Fsp3) is 0.444. The molecule has 5 rings (SSSR count). The second-order valence-corrected chi connectivity index (χ2v) is 10.5. The molecule has 16 heteroatoms. The van der Waals surface area contributed by atoms with Crippen LogP contribution in [-0.2, 0) is 14.2 Å². The van der Waals surface area contributed by atoms with Crippen molar-refractivity contribution in [2.75, 3.05) is 13.2 Å². The van der Waals surface area contributed by atoms with Gasteiger partial charge in [0.1, 0.15) is 58.6 Å². The summed E-state index contributed by atoms with van der Waals surface area (Å²) < 4.78 is 27.4. The van der Waals surface area contributed by atoms with Crippen molar-refractivity contribution in [1.29, 1.82) is 0 Å². The van der Waals surface area contributed by atoms with Gasteiger partial charge in [-0.2, -0.15) is 0 Å². The largest absolute Gasteiger partial charge is 0.508 e. The number of aliphatic hydroxyl groups excluding tert-OH is 5. The fourth-order valence-corrected chi connectivity index (χ4v) is 4.83. The van der Waals surface area contributed by atoms with Gasteiger partial charge in [0.05, 0.1) is 19.3 Å². The third-order valence-corrected chi connectivity index (χ3v) is 7.35. The predicted octanol–water partition coefficient (Wildman–Crippen LogP) is -1.69. The molecule has 0 aliphatic carbocycles. The normalized spacial score (nSPS) is 33.0. The summed E-state index contributed by atoms with van der Waals surface area (Å²) in [6, 6.07) is 5.26. The zero-order chi connectivity index (χ0) is 31.4. The van der Waals surface area contributed by atoms with Crippen LogP contribution < -0.4 is 10.2 Å². The molecule has 10 N–H and O–H groups in total. The molecule has 2 aromatic carbocycles. The third kappa shape index (κ3) is 5.55. The summed E-state index contributed by atoms with van der Waals surface area (Å²) in [4.78, 5) is 13.5. The SMILES string of the molecule is CC1O[C@@H](OC[C@@]2(O)CO[C@@H](Oc3c(-c4ccc(O)c(O)c4)oc4cc(O)cc(O)c4c3=O)C(O)[C@@H]2O)C(O)[C@@H](O)[C@H]1O. The first kappa shape index (κ1) is 30.7. The maximum atomic E-state index is 13.5. The van der Waals surface area contributed by atoms with Crippen LogP contribution in [0.25, 0.3) is 22.3 Å². The van der Waals surface area contributed by atoms with Gasteiger partial charge in [-0.15, -0.1) is 0 Å². The van der Waals surface area contributed by atoms with Crippen LogP contribution in [0.1, 0.15) is 6.92 Å². The smallest absolute Gasteiger partial charge is 0.239 e. The number of hydrogen-bond acceptors (Lipinski definition) is 16. The molecular weight excluding hydrogens is 580 g/mol. The van der Waals surface area contributed by atoms with Gasteiger partial charge < -0.3 is 74.4 Å². The van der Waals surface area contributed by atoms with Crippen LogP contribution >= 0.6 is 0 Å². The number of aliphatic hydroxyl groups is 6. The monoisotopic (exact) mass is 610 g/mol. The highest BCUT2D eigenvalue weighted by molar-refractivity contribution is 5.88. The Balaban J connectivity index is 1.42. The quantitative estimate of drug-likeness (QED) is 0.140. The summed E-state index contributed by atoms with van der Waals surface area (Å²) in [5, 5.41) is 102. The molecule has 0 amide bonds. The van der Waals surface area contributed by atoms with E-state index in [1.807, 2.05) is 0 Å². The number of rotatable bonds is 6. The van der Waals surface area contributed by atoms with Crippen molar-refractivity contribution in [3.8, 4) is 40.1 Å². The van der Waals surface area contributed by atoms with E-state index in [0.29, 0.717) is 0 Å². The summed E-state index contributed by atoms with van der Waals surface area (Å²) in [5.74, 6) is -3.26. The van der Waals surface area contributed by atoms with Crippen molar-refractivity contribution in [2.45, 2.75) is 61.7 Å². The first-order chi connectivity index (χ1) is 20.2. The van der Waals surface area contributed by atoms with Crippen molar-refractivity contribution in [1.82, 2.24) is 0 Å². The number of phenols is 4. The van der Waals surface area contributed by atoms with Crippen LogP contribution in [0.4, 0.5) is 0 Å². The third-order valence-electron chi connectivity index (χ3n) is 7.35. The first-order valence-corrected chi connectivity index (χ1v) is 12.9. The maximum Gasteiger partial charge on any atom is 0.239 e. The molecule has 0 spiro atoms. The standard InChI is InChI=1S/C27H30O16/c1-9-17(32)19(34)20(35)25(41-9)39-7-27(38)8-40-26(21(36)24(27)37)43-23-18(33)16-14(31)5-11(28)6-15(16)42-22(23)10-2-3-12(29)13(30)4-10/h2-6,9,17,19-21,24-26,28-32,34-38H,7-8H2,1H3/t9?,17-,19-,20?,21?,24-,25+,26-,27+/m0/s1. The molecule has 16 nitrogen and oxygen atoms in total. The first-order valence-electron chi connectivity index (χ1n) is 12.9. The van der Waals surface area contributed by atoms with Gasteiger partial charge in [-0.25, -0.2) is 0 Å². The summed E-state index contributed by atoms with van der Waals surface area (Å²) in [6.07, 6.45) is -13.1. The number of ether oxygens (including phenoxy) is 4. The second kappa shape index (κ2) is 11.4. The molecule has 3 heterocycles. The second-order valence-electron chi connectivity index (χ2n) is 10.5. The number of phenolic OH excluding ortho intramolecular Hbond substituents is 4. The highest BCUT2D eigenvalue weighted by Gasteiger charge is 2.51. The van der Waals surface area contributed by atoms with Gasteiger partial charge in [0.25, 0.3) is 0 Å². The minimum Gasteiger partial charge on any atom is -0.508 e. The highest BCUT2D eigenvalue weighted by Crippen LogP contribution is 2.39. The van der Waals surface area contributed by atoms with Crippen molar-refractivity contribution in [2.24, 2.45) is 0 Å². The van der Waals surface area contributed by atoms with Gasteiger partial charge >= 0.3 is 0 Å². The van der Waals surface area contributed by atoms with Gasteiger partial charge in [-0.3, -0.25) is 4.79 Å². The molecular formula is C27H30O16. The van der Waals surface area contributed by atoms with E-state index in [4.69, 9.17) is 23.4 Å². The lowest BCUT2D eigenvalue weighted by atomic mass is 9.91. The number of aromatic hydroxyl groups is 4. The molecule has 1 aromatic heterocycles. The van der Waals surface area contributed by atoms with E-state index in [9.17, 15) is 55.9 Å². The van der Waals surface area contributed by atoms with E-state index in [1.165, 1.54) is 13.0 Å². The summed E-state index contributed by atoms with van der Waals surface area (Å²) >= 11 is 0. The summed E-state index contributed by atoms with van der Waals surface area (Å²) in [6.45, 7) is -0.135. The van der Waals surface area contributed by atoms with Crippen molar-refractivity contribution < 1.29 is 74.4 Å². The summed E-state index contributed by atoms with van der Waals surface area (Å²) in [5.41, 5.74) is -3.63. The molecule has 9 atom stereocenters. The van der Waals surface area contributed by atoms with Crippen molar-refractivity contribution >= 4 is 11.0 Å². The van der Waals surface area contributed by atoms with E-state index >= 15 is 0 Å². The molecule has 2 saturated heterocycles. The number of fused-ring (bicyclic) bond motifs is 1. The molecule has 43 heavy (non-hydrogen) atoms. The predicted molar refractivity (Wildman–Crippen MR) is 140 cm³/mol. The van der Waals surface area contributed by atoms with Crippen LogP contribution in [0.5, 0.6) is 28.7 Å². The van der Waals surface area contributed by atoms with Crippen LogP contribution in [0.2, 0.25) is 0 Å². The molecule has 2 aliphatic heterocycles. The highest BCUT2D eigenvalue weighted by atomic mass is 16.7. The molecule has 3 unspecified atom stereocenters. The lowest BCUT2D eigenvalue weighted by molar-refractivity contribution is -0.326. The molecule has 0 radical (unpaired) electrons.